The molecule has 1 aromatic heterocycles. The molecular weight excluding hydrogens is 160 g/mol. The van der Waals surface area contributed by atoms with E-state index in [-0.39, 0.29) is 0 Å². The predicted molar refractivity (Wildman–Crippen MR) is 51.0 cm³/mol. The van der Waals surface area contributed by atoms with Crippen LogP contribution >= 0.6 is 23.1 Å². The molecule has 0 aliphatic rings. The van der Waals surface area contributed by atoms with Crippen LogP contribution in [-0.4, -0.2) is 11.5 Å². The Morgan fingerprint density at radius 2 is 2.50 bits per heavy atom. The first-order valence-corrected chi connectivity index (χ1v) is 5.55. The predicted octanol–water partition coefficient (Wildman–Crippen LogP) is 3.04. The molecule has 0 amide bonds. The third-order valence-corrected chi connectivity index (χ3v) is 3.34. The van der Waals surface area contributed by atoms with Crippen molar-refractivity contribution in [3.63, 3.8) is 0 Å². The van der Waals surface area contributed by atoms with Crippen LogP contribution in [0, 0.1) is 0 Å². The van der Waals surface area contributed by atoms with Crippen LogP contribution in [0.3, 0.4) is 0 Å². The zero-order valence-electron chi connectivity index (χ0n) is 6.33. The molecule has 10 heavy (non-hydrogen) atoms. The highest BCUT2D eigenvalue weighted by molar-refractivity contribution is 7.99. The van der Waals surface area contributed by atoms with E-state index < -0.39 is 0 Å². The van der Waals surface area contributed by atoms with Crippen LogP contribution in [0.1, 0.15) is 11.8 Å². The lowest BCUT2D eigenvalue weighted by Gasteiger charge is -2.03. The lowest BCUT2D eigenvalue weighted by Crippen LogP contribution is -1.97. The number of rotatable bonds is 3. The summed E-state index contributed by atoms with van der Waals surface area (Å²) in [5.41, 5.74) is 0. The largest absolute Gasteiger partial charge is 0.162 e. The first kappa shape index (κ1) is 8.15. The van der Waals surface area contributed by atoms with E-state index in [2.05, 4.69) is 30.7 Å². The van der Waals surface area contributed by atoms with E-state index in [0.29, 0.717) is 0 Å². The Bertz CT molecular complexity index is 167. The third kappa shape index (κ3) is 2.35. The number of thioether (sulfide) groups is 1. The number of hydrogen-bond acceptors (Lipinski definition) is 2. The summed E-state index contributed by atoms with van der Waals surface area (Å²) in [7, 11) is 0. The van der Waals surface area contributed by atoms with Gasteiger partial charge in [-0.15, -0.1) is 11.3 Å². The van der Waals surface area contributed by atoms with Gasteiger partial charge in [-0.05, 0) is 24.1 Å². The van der Waals surface area contributed by atoms with Crippen molar-refractivity contribution in [2.45, 2.75) is 18.6 Å². The Hall–Kier alpha value is 0.0500. The van der Waals surface area contributed by atoms with Crippen molar-refractivity contribution in [3.8, 4) is 0 Å². The summed E-state index contributed by atoms with van der Waals surface area (Å²) < 4.78 is 0. The minimum Gasteiger partial charge on any atom is -0.162 e. The van der Waals surface area contributed by atoms with Crippen molar-refractivity contribution >= 4 is 23.1 Å². The molecule has 0 aliphatic heterocycles. The summed E-state index contributed by atoms with van der Waals surface area (Å²) in [5, 5.41) is 2.90. The fourth-order valence-electron chi connectivity index (χ4n) is 0.795. The van der Waals surface area contributed by atoms with Crippen LogP contribution in [0.5, 0.6) is 0 Å². The van der Waals surface area contributed by atoms with E-state index in [1.165, 1.54) is 11.3 Å². The van der Waals surface area contributed by atoms with Gasteiger partial charge in [-0.25, -0.2) is 0 Å². The highest BCUT2D eigenvalue weighted by atomic mass is 32.2. The minimum atomic E-state index is 0.763. The lowest BCUT2D eigenvalue weighted by molar-refractivity contribution is 0.965. The molecule has 0 saturated heterocycles. The number of thiophene rings is 1. The molecule has 0 spiro atoms. The Morgan fingerprint density at radius 3 is 3.00 bits per heavy atom. The average Bonchev–Trinajstić information content (AvgIpc) is 2.40. The summed E-state index contributed by atoms with van der Waals surface area (Å²) in [5.74, 6) is 0. The van der Waals surface area contributed by atoms with E-state index in [1.54, 1.807) is 0 Å². The van der Waals surface area contributed by atoms with Gasteiger partial charge in [0.1, 0.15) is 0 Å². The molecule has 0 fully saturated rings. The SMILES string of the molecule is CSC(C)Cc1cccs1. The van der Waals surface area contributed by atoms with Crippen LogP contribution in [0.4, 0.5) is 0 Å². The van der Waals surface area contributed by atoms with Crippen molar-refractivity contribution in [2.75, 3.05) is 6.26 Å². The van der Waals surface area contributed by atoms with Gasteiger partial charge in [0.25, 0.3) is 0 Å². The second-order valence-corrected chi connectivity index (χ2v) is 4.64. The van der Waals surface area contributed by atoms with Crippen LogP contribution in [0.15, 0.2) is 17.5 Å². The summed E-state index contributed by atoms with van der Waals surface area (Å²) >= 11 is 3.78. The maximum atomic E-state index is 2.27. The van der Waals surface area contributed by atoms with Gasteiger partial charge < -0.3 is 0 Å². The van der Waals surface area contributed by atoms with Crippen LogP contribution in [0.2, 0.25) is 0 Å². The molecule has 0 aliphatic carbocycles. The fraction of sp³-hybridized carbons (Fsp3) is 0.500. The summed E-state index contributed by atoms with van der Waals surface area (Å²) in [6.07, 6.45) is 3.39. The molecule has 1 rings (SSSR count). The second kappa shape index (κ2) is 4.04. The molecule has 1 atom stereocenters. The second-order valence-electron chi connectivity index (χ2n) is 2.33. The zero-order valence-corrected chi connectivity index (χ0v) is 7.97. The molecule has 2 heteroatoms. The molecule has 0 N–H and O–H groups in total. The Morgan fingerprint density at radius 1 is 1.70 bits per heavy atom. The van der Waals surface area contributed by atoms with Gasteiger partial charge >= 0.3 is 0 Å². The van der Waals surface area contributed by atoms with Crippen molar-refractivity contribution in [1.29, 1.82) is 0 Å². The summed E-state index contributed by atoms with van der Waals surface area (Å²) in [6, 6.07) is 4.32. The molecule has 56 valence electrons. The maximum absolute atomic E-state index is 2.27. The average molecular weight is 172 g/mol. The minimum absolute atomic E-state index is 0.763. The molecular formula is C8H12S2. The van der Waals surface area contributed by atoms with Gasteiger partial charge in [-0.1, -0.05) is 13.0 Å². The Kier molecular flexibility index (Phi) is 3.29. The van der Waals surface area contributed by atoms with E-state index in [9.17, 15) is 0 Å². The Balaban J connectivity index is 2.40. The van der Waals surface area contributed by atoms with Crippen LogP contribution in [0.25, 0.3) is 0 Å². The molecule has 0 bridgehead atoms. The standard InChI is InChI=1S/C8H12S2/c1-7(9-2)6-8-4-3-5-10-8/h3-5,7H,6H2,1-2H3. The van der Waals surface area contributed by atoms with E-state index in [4.69, 9.17) is 0 Å². The molecule has 0 radical (unpaired) electrons. The maximum Gasteiger partial charge on any atom is 0.00642 e. The van der Waals surface area contributed by atoms with Gasteiger partial charge in [0, 0.05) is 10.1 Å². The monoisotopic (exact) mass is 172 g/mol. The van der Waals surface area contributed by atoms with Crippen LogP contribution < -0.4 is 0 Å². The molecule has 0 nitrogen and oxygen atoms in total. The third-order valence-electron chi connectivity index (χ3n) is 1.47. The van der Waals surface area contributed by atoms with Gasteiger partial charge in [0.15, 0.2) is 0 Å². The van der Waals surface area contributed by atoms with Gasteiger partial charge in [0.2, 0.25) is 0 Å². The lowest BCUT2D eigenvalue weighted by atomic mass is 10.3. The fourth-order valence-corrected chi connectivity index (χ4v) is 2.08. The van der Waals surface area contributed by atoms with Gasteiger partial charge in [-0.2, -0.15) is 11.8 Å². The van der Waals surface area contributed by atoms with Crippen molar-refractivity contribution in [1.82, 2.24) is 0 Å². The van der Waals surface area contributed by atoms with Crippen molar-refractivity contribution < 1.29 is 0 Å². The molecule has 0 aromatic carbocycles. The zero-order chi connectivity index (χ0) is 7.40. The first-order chi connectivity index (χ1) is 4.83. The normalized spacial score (nSPS) is 13.4. The van der Waals surface area contributed by atoms with Crippen LogP contribution in [-0.2, 0) is 6.42 Å². The summed E-state index contributed by atoms with van der Waals surface area (Å²) in [6.45, 7) is 2.27. The first-order valence-electron chi connectivity index (χ1n) is 3.38. The van der Waals surface area contributed by atoms with E-state index in [1.807, 2.05) is 23.1 Å². The summed E-state index contributed by atoms with van der Waals surface area (Å²) in [4.78, 5) is 1.50. The number of hydrogen-bond donors (Lipinski definition) is 0. The molecule has 1 heterocycles. The molecule has 0 saturated carbocycles. The van der Waals surface area contributed by atoms with Crippen molar-refractivity contribution in [3.05, 3.63) is 22.4 Å². The van der Waals surface area contributed by atoms with Gasteiger partial charge in [-0.3, -0.25) is 0 Å². The van der Waals surface area contributed by atoms with E-state index in [0.717, 1.165) is 5.25 Å². The smallest absolute Gasteiger partial charge is 0.00642 e. The highest BCUT2D eigenvalue weighted by Crippen LogP contribution is 2.16. The Labute approximate surface area is 70.7 Å². The van der Waals surface area contributed by atoms with Gasteiger partial charge in [0.05, 0.1) is 0 Å². The quantitative estimate of drug-likeness (QED) is 0.675. The van der Waals surface area contributed by atoms with Crippen molar-refractivity contribution in [2.24, 2.45) is 0 Å². The topological polar surface area (TPSA) is 0 Å². The highest BCUT2D eigenvalue weighted by Gasteiger charge is 2.00. The van der Waals surface area contributed by atoms with E-state index >= 15 is 0 Å². The molecule has 1 aromatic rings. The molecule has 1 unspecified atom stereocenters.